The van der Waals surface area contributed by atoms with Gasteiger partial charge in [0.15, 0.2) is 0 Å². The molecular weight excluding hydrogens is 344 g/mol. The second-order valence-electron chi connectivity index (χ2n) is 6.01. The number of hydrogen-bond acceptors (Lipinski definition) is 6. The van der Waals surface area contributed by atoms with Crippen molar-refractivity contribution in [1.29, 1.82) is 0 Å². The summed E-state index contributed by atoms with van der Waals surface area (Å²) in [5, 5.41) is 2.56. The molecule has 11 heteroatoms. The molecule has 26 heavy (non-hydrogen) atoms. The maximum absolute atomic E-state index is 12.9. The van der Waals surface area contributed by atoms with E-state index in [4.69, 9.17) is 5.73 Å². The molecule has 0 unspecified atom stereocenters. The highest BCUT2D eigenvalue weighted by Crippen LogP contribution is 2.19. The molecule has 0 bridgehead atoms. The summed E-state index contributed by atoms with van der Waals surface area (Å²) in [6, 6.07) is -1.67. The zero-order valence-electron chi connectivity index (χ0n) is 13.8. The Kier molecular flexibility index (Phi) is 4.96. The van der Waals surface area contributed by atoms with Crippen LogP contribution in [-0.2, 0) is 25.5 Å². The van der Waals surface area contributed by atoms with Crippen molar-refractivity contribution < 1.29 is 23.9 Å². The predicted molar refractivity (Wildman–Crippen MR) is 86.9 cm³/mol. The highest BCUT2D eigenvalue weighted by molar-refractivity contribution is 6.42. The number of aromatic nitrogens is 2. The second kappa shape index (κ2) is 7.33. The van der Waals surface area contributed by atoms with Crippen molar-refractivity contribution in [3.05, 3.63) is 18.2 Å². The smallest absolute Gasteiger partial charge is 0.434 e. The molecule has 0 spiro atoms. The van der Waals surface area contributed by atoms with Crippen LogP contribution in [0.15, 0.2) is 17.5 Å². The Hall–Kier alpha value is -3.24. The lowest BCUT2D eigenvalue weighted by atomic mass is 10.1. The third kappa shape index (κ3) is 3.71. The van der Waals surface area contributed by atoms with Gasteiger partial charge in [0.2, 0.25) is 11.8 Å². The van der Waals surface area contributed by atoms with Crippen molar-refractivity contribution in [1.82, 2.24) is 20.2 Å². The maximum atomic E-state index is 12.9. The predicted octanol–water partition coefficient (Wildman–Crippen LogP) is -1.50. The Bertz CT molecular complexity index is 759. The molecule has 0 saturated carbocycles. The highest BCUT2D eigenvalue weighted by atomic mass is 16.6. The number of aliphatic imine (C=N–C) groups is 1. The quantitative estimate of drug-likeness (QED) is 0.558. The summed E-state index contributed by atoms with van der Waals surface area (Å²) in [4.78, 5) is 59.4. The number of H-pyrrole nitrogens is 1. The van der Waals surface area contributed by atoms with Crippen LogP contribution in [-0.4, -0.2) is 69.6 Å². The lowest BCUT2D eigenvalue weighted by Crippen LogP contribution is -2.54. The number of likely N-dealkylation sites (tertiary alicyclic amines) is 1. The van der Waals surface area contributed by atoms with Gasteiger partial charge in [-0.3, -0.25) is 14.4 Å². The zero-order chi connectivity index (χ0) is 18.7. The Balaban J connectivity index is 1.77. The molecule has 1 aromatic rings. The summed E-state index contributed by atoms with van der Waals surface area (Å²) < 4.78 is 4.61. The van der Waals surface area contributed by atoms with E-state index in [1.807, 2.05) is 0 Å². The van der Waals surface area contributed by atoms with Gasteiger partial charge in [-0.2, -0.15) is 4.99 Å². The average Bonchev–Trinajstić information content (AvgIpc) is 3.34. The van der Waals surface area contributed by atoms with E-state index in [2.05, 4.69) is 25.0 Å². The fraction of sp³-hybridized carbons (Fsp3) is 0.467. The third-order valence-electron chi connectivity index (χ3n) is 4.27. The largest absolute Gasteiger partial charge is 0.441 e. The first kappa shape index (κ1) is 17.6. The fourth-order valence-corrected chi connectivity index (χ4v) is 3.01. The average molecular weight is 362 g/mol. The minimum Gasteiger partial charge on any atom is -0.441 e. The molecule has 0 aromatic carbocycles. The first-order valence-corrected chi connectivity index (χ1v) is 8.08. The summed E-state index contributed by atoms with van der Waals surface area (Å²) in [7, 11) is 0. The van der Waals surface area contributed by atoms with Gasteiger partial charge in [0.05, 0.1) is 6.33 Å². The number of ether oxygens (including phenoxy) is 1. The molecule has 0 radical (unpaired) electrons. The van der Waals surface area contributed by atoms with Gasteiger partial charge < -0.3 is 25.7 Å². The number of carbonyl (C=O) groups is 4. The van der Waals surface area contributed by atoms with Gasteiger partial charge in [-0.15, -0.1) is 0 Å². The molecular formula is C15H18N6O5. The van der Waals surface area contributed by atoms with E-state index < -0.39 is 35.9 Å². The molecule has 4 N–H and O–H groups in total. The van der Waals surface area contributed by atoms with Gasteiger partial charge in [-0.25, -0.2) is 9.78 Å². The monoisotopic (exact) mass is 362 g/mol. The molecule has 138 valence electrons. The number of nitrogens with two attached hydrogens (primary N) is 1. The minimum atomic E-state index is -0.971. The van der Waals surface area contributed by atoms with Crippen molar-refractivity contribution in [2.24, 2.45) is 10.7 Å². The molecule has 2 aliphatic rings. The molecule has 1 aromatic heterocycles. The number of primary amides is 1. The lowest BCUT2D eigenvalue weighted by molar-refractivity contribution is -0.140. The normalized spacial score (nSPS) is 20.5. The van der Waals surface area contributed by atoms with Crippen LogP contribution in [0.2, 0.25) is 0 Å². The molecule has 11 nitrogen and oxygen atoms in total. The number of aromatic amines is 1. The van der Waals surface area contributed by atoms with Gasteiger partial charge in [0.1, 0.15) is 24.4 Å². The number of imidazole rings is 1. The molecule has 2 aliphatic heterocycles. The number of rotatable bonds is 6. The number of nitrogens with one attached hydrogen (secondary N) is 2. The lowest BCUT2D eigenvalue weighted by Gasteiger charge is -2.27. The van der Waals surface area contributed by atoms with Crippen LogP contribution < -0.4 is 11.1 Å². The summed E-state index contributed by atoms with van der Waals surface area (Å²) in [6.07, 6.45) is 3.41. The number of carbonyl (C=O) groups excluding carboxylic acids is 4. The number of amides is 4. The van der Waals surface area contributed by atoms with Crippen LogP contribution in [0.5, 0.6) is 0 Å². The van der Waals surface area contributed by atoms with Crippen molar-refractivity contribution in [3.8, 4) is 0 Å². The summed E-state index contributed by atoms with van der Waals surface area (Å²) >= 11 is 0. The number of nitrogens with zero attached hydrogens (tertiary/aromatic N) is 3. The van der Waals surface area contributed by atoms with Crippen molar-refractivity contribution in [2.75, 3.05) is 13.2 Å². The topological polar surface area (TPSA) is 160 Å². The minimum absolute atomic E-state index is 0.106. The summed E-state index contributed by atoms with van der Waals surface area (Å²) in [6.45, 7) is 0.133. The molecule has 3 rings (SSSR count). The Labute approximate surface area is 148 Å². The van der Waals surface area contributed by atoms with E-state index in [9.17, 15) is 19.2 Å². The van der Waals surface area contributed by atoms with Gasteiger partial charge in [-0.05, 0) is 12.8 Å². The number of cyclic esters (lactones) is 1. The van der Waals surface area contributed by atoms with Crippen LogP contribution in [0.1, 0.15) is 18.5 Å². The second-order valence-corrected chi connectivity index (χ2v) is 6.01. The highest BCUT2D eigenvalue weighted by Gasteiger charge is 2.37. The first-order chi connectivity index (χ1) is 12.5. The van der Waals surface area contributed by atoms with Crippen LogP contribution in [0.3, 0.4) is 0 Å². The van der Waals surface area contributed by atoms with E-state index in [1.165, 1.54) is 17.4 Å². The summed E-state index contributed by atoms with van der Waals surface area (Å²) in [5.74, 6) is -1.69. The van der Waals surface area contributed by atoms with Crippen LogP contribution in [0.4, 0.5) is 4.79 Å². The Morgan fingerprint density at radius 1 is 1.46 bits per heavy atom. The van der Waals surface area contributed by atoms with Crippen molar-refractivity contribution >= 4 is 29.5 Å². The number of hydrogen-bond donors (Lipinski definition) is 3. The van der Waals surface area contributed by atoms with Gasteiger partial charge >= 0.3 is 6.09 Å². The third-order valence-corrected chi connectivity index (χ3v) is 4.27. The van der Waals surface area contributed by atoms with E-state index >= 15 is 0 Å². The standard InChI is InChI=1S/C15H18N6O5/c16-12(22)11-2-1-3-21(11)14(24)9(4-8-5-17-7-18-8)19-13(23)10-6-26-15(25)20-10/h5,7,9,11H,1-4,6H2,(H2,16,22)(H,17,18)(H,19,23)/t9-,11-/m0/s1. The molecule has 4 amide bonds. The molecule has 1 fully saturated rings. The Morgan fingerprint density at radius 2 is 2.27 bits per heavy atom. The maximum Gasteiger partial charge on any atom is 0.434 e. The van der Waals surface area contributed by atoms with Crippen LogP contribution in [0, 0.1) is 0 Å². The van der Waals surface area contributed by atoms with Gasteiger partial charge in [0, 0.05) is 24.9 Å². The van der Waals surface area contributed by atoms with Crippen LogP contribution >= 0.6 is 0 Å². The molecule has 2 atom stereocenters. The first-order valence-electron chi connectivity index (χ1n) is 8.08. The fourth-order valence-electron chi connectivity index (χ4n) is 3.01. The van der Waals surface area contributed by atoms with E-state index in [0.717, 1.165) is 0 Å². The van der Waals surface area contributed by atoms with E-state index in [0.29, 0.717) is 25.1 Å². The van der Waals surface area contributed by atoms with E-state index in [-0.39, 0.29) is 18.7 Å². The SMILES string of the molecule is NC(=O)[C@@H]1CCCN1C(=O)[C@H](Cc1cnc[nH]1)NC(=O)C1=NC(=O)OC1. The van der Waals surface area contributed by atoms with Crippen molar-refractivity contribution in [2.45, 2.75) is 31.3 Å². The van der Waals surface area contributed by atoms with Crippen LogP contribution in [0.25, 0.3) is 0 Å². The Morgan fingerprint density at radius 3 is 2.88 bits per heavy atom. The molecule has 1 saturated heterocycles. The van der Waals surface area contributed by atoms with Crippen molar-refractivity contribution in [3.63, 3.8) is 0 Å². The van der Waals surface area contributed by atoms with Gasteiger partial charge in [-0.1, -0.05) is 0 Å². The summed E-state index contributed by atoms with van der Waals surface area (Å²) in [5.41, 5.74) is 5.89. The van der Waals surface area contributed by atoms with Gasteiger partial charge in [0.25, 0.3) is 5.91 Å². The zero-order valence-corrected chi connectivity index (χ0v) is 13.8. The molecule has 3 heterocycles. The molecule has 0 aliphatic carbocycles. The van der Waals surface area contributed by atoms with E-state index in [1.54, 1.807) is 0 Å².